The highest BCUT2D eigenvalue weighted by atomic mass is 35.5. The molecule has 0 saturated carbocycles. The van der Waals surface area contributed by atoms with E-state index in [1.807, 2.05) is 13.8 Å². The lowest BCUT2D eigenvalue weighted by molar-refractivity contribution is 0.324. The Hall–Kier alpha value is -1.26. The van der Waals surface area contributed by atoms with E-state index in [-0.39, 0.29) is 36.6 Å². The van der Waals surface area contributed by atoms with Gasteiger partial charge in [0.05, 0.1) is 13.2 Å². The van der Waals surface area contributed by atoms with Gasteiger partial charge in [0.2, 0.25) is 11.8 Å². The second-order valence-corrected chi connectivity index (χ2v) is 3.11. The molecule has 1 aromatic rings. The van der Waals surface area contributed by atoms with Gasteiger partial charge in [0.25, 0.3) is 0 Å². The maximum atomic E-state index is 7.64. The van der Waals surface area contributed by atoms with Crippen LogP contribution in [0, 0.1) is 10.8 Å². The van der Waals surface area contributed by atoms with Crippen molar-refractivity contribution in [3.05, 3.63) is 35.4 Å². The molecular weight excluding hydrogens is 275 g/mol. The van der Waals surface area contributed by atoms with Crippen molar-refractivity contribution < 1.29 is 9.47 Å². The zero-order valence-electron chi connectivity index (χ0n) is 10.4. The number of nitrogens with one attached hydrogen (secondary N) is 2. The summed E-state index contributed by atoms with van der Waals surface area (Å²) in [5.41, 5.74) is 1.31. The third-order valence-corrected chi connectivity index (χ3v) is 1.96. The quantitative estimate of drug-likeness (QED) is 0.661. The summed E-state index contributed by atoms with van der Waals surface area (Å²) in [6.45, 7) is 4.60. The third kappa shape index (κ3) is 5.38. The molecule has 0 fully saturated rings. The van der Waals surface area contributed by atoms with E-state index in [4.69, 9.17) is 20.3 Å². The van der Waals surface area contributed by atoms with Crippen LogP contribution in [0.25, 0.3) is 0 Å². The van der Waals surface area contributed by atoms with Crippen molar-refractivity contribution in [1.29, 1.82) is 10.8 Å². The molecule has 0 aromatic heterocycles. The average molecular weight is 293 g/mol. The summed E-state index contributed by atoms with van der Waals surface area (Å²) in [4.78, 5) is 0. The Morgan fingerprint density at radius 1 is 0.944 bits per heavy atom. The van der Waals surface area contributed by atoms with Gasteiger partial charge in [-0.05, 0) is 32.0 Å². The molecule has 1 rings (SSSR count). The lowest BCUT2D eigenvalue weighted by atomic mass is 10.1. The average Bonchev–Trinajstić information content (AvgIpc) is 2.30. The van der Waals surface area contributed by atoms with E-state index in [1.165, 1.54) is 0 Å². The summed E-state index contributed by atoms with van der Waals surface area (Å²) >= 11 is 0. The highest BCUT2D eigenvalue weighted by molar-refractivity contribution is 5.97. The number of rotatable bonds is 4. The maximum absolute atomic E-state index is 7.64. The number of ether oxygens (including phenoxy) is 2. The predicted octanol–water partition coefficient (Wildman–Crippen LogP) is 3.25. The summed E-state index contributed by atoms with van der Waals surface area (Å²) in [5, 5.41) is 15.3. The monoisotopic (exact) mass is 292 g/mol. The molecule has 0 bridgehead atoms. The van der Waals surface area contributed by atoms with Crippen molar-refractivity contribution in [2.45, 2.75) is 13.8 Å². The van der Waals surface area contributed by atoms with Crippen LogP contribution in [0.2, 0.25) is 0 Å². The molecule has 102 valence electrons. The zero-order valence-corrected chi connectivity index (χ0v) is 12.0. The fourth-order valence-electron chi connectivity index (χ4n) is 1.26. The molecule has 2 N–H and O–H groups in total. The summed E-state index contributed by atoms with van der Waals surface area (Å²) in [5.74, 6) is 0.238. The first-order chi connectivity index (χ1) is 7.69. The van der Waals surface area contributed by atoms with E-state index < -0.39 is 0 Å². The highest BCUT2D eigenvalue weighted by Gasteiger charge is 2.06. The normalized spacial score (nSPS) is 8.56. The molecule has 4 nitrogen and oxygen atoms in total. The van der Waals surface area contributed by atoms with Crippen molar-refractivity contribution in [1.82, 2.24) is 0 Å². The van der Waals surface area contributed by atoms with Gasteiger partial charge in [-0.3, -0.25) is 10.8 Å². The van der Waals surface area contributed by atoms with Gasteiger partial charge in [-0.15, -0.1) is 24.8 Å². The molecule has 6 heteroatoms. The van der Waals surface area contributed by atoms with Gasteiger partial charge in [-0.25, -0.2) is 0 Å². The van der Waals surface area contributed by atoms with Crippen LogP contribution in [0.1, 0.15) is 25.0 Å². The standard InChI is InChI=1S/C12H16N2O2.2ClH/c1-3-15-11(13)9-6-5-7-10(8-9)12(14)16-4-2;;/h5-8,13-14H,3-4H2,1-2H3;2*1H. The molecule has 18 heavy (non-hydrogen) atoms. The molecule has 0 atom stereocenters. The van der Waals surface area contributed by atoms with Crippen molar-refractivity contribution in [2.75, 3.05) is 13.2 Å². The van der Waals surface area contributed by atoms with Crippen LogP contribution in [-0.4, -0.2) is 25.0 Å². The van der Waals surface area contributed by atoms with Crippen LogP contribution in [-0.2, 0) is 9.47 Å². The SMILES string of the molecule is CCOC(=N)c1cccc(C(=N)OCC)c1.Cl.Cl. The molecule has 0 aliphatic rings. The molecule has 1 aromatic carbocycles. The van der Waals surface area contributed by atoms with Crippen LogP contribution < -0.4 is 0 Å². The van der Waals surface area contributed by atoms with Gasteiger partial charge >= 0.3 is 0 Å². The van der Waals surface area contributed by atoms with Gasteiger partial charge in [0.1, 0.15) is 0 Å². The van der Waals surface area contributed by atoms with Crippen molar-refractivity contribution in [3.63, 3.8) is 0 Å². The molecule has 0 aliphatic carbocycles. The van der Waals surface area contributed by atoms with Crippen LogP contribution in [0.4, 0.5) is 0 Å². The minimum Gasteiger partial charge on any atom is -0.478 e. The topological polar surface area (TPSA) is 66.2 Å². The van der Waals surface area contributed by atoms with Crippen molar-refractivity contribution >= 4 is 36.6 Å². The lowest BCUT2D eigenvalue weighted by Crippen LogP contribution is -2.08. The lowest BCUT2D eigenvalue weighted by Gasteiger charge is -2.08. The van der Waals surface area contributed by atoms with Gasteiger partial charge in [-0.2, -0.15) is 0 Å². The van der Waals surface area contributed by atoms with Crippen LogP contribution in [0.3, 0.4) is 0 Å². The molecule has 0 spiro atoms. The summed E-state index contributed by atoms with van der Waals surface area (Å²) in [6, 6.07) is 7.06. The van der Waals surface area contributed by atoms with E-state index in [0.29, 0.717) is 24.3 Å². The molecule has 0 heterocycles. The zero-order chi connectivity index (χ0) is 12.0. The largest absolute Gasteiger partial charge is 0.478 e. The fraction of sp³-hybridized carbons (Fsp3) is 0.333. The summed E-state index contributed by atoms with van der Waals surface area (Å²) < 4.78 is 10.2. The smallest absolute Gasteiger partial charge is 0.213 e. The molecule has 0 saturated heterocycles. The number of halogens is 2. The van der Waals surface area contributed by atoms with E-state index >= 15 is 0 Å². The first kappa shape index (κ1) is 19.1. The Morgan fingerprint density at radius 3 is 1.67 bits per heavy atom. The molecule has 0 radical (unpaired) electrons. The predicted molar refractivity (Wildman–Crippen MR) is 77.8 cm³/mol. The van der Waals surface area contributed by atoms with E-state index in [1.54, 1.807) is 24.3 Å². The van der Waals surface area contributed by atoms with Gasteiger partial charge in [-0.1, -0.05) is 6.07 Å². The van der Waals surface area contributed by atoms with Crippen LogP contribution in [0.15, 0.2) is 24.3 Å². The Bertz CT molecular complexity index is 364. The first-order valence-corrected chi connectivity index (χ1v) is 5.22. The van der Waals surface area contributed by atoms with Crippen molar-refractivity contribution in [2.24, 2.45) is 0 Å². The Balaban J connectivity index is 0. The minimum atomic E-state index is 0. The van der Waals surface area contributed by atoms with E-state index in [9.17, 15) is 0 Å². The first-order valence-electron chi connectivity index (χ1n) is 5.22. The third-order valence-electron chi connectivity index (χ3n) is 1.96. The Morgan fingerprint density at radius 2 is 1.33 bits per heavy atom. The fourth-order valence-corrected chi connectivity index (χ4v) is 1.26. The molecule has 0 aliphatic heterocycles. The van der Waals surface area contributed by atoms with E-state index in [0.717, 1.165) is 0 Å². The molecular formula is C12H18Cl2N2O2. The Labute approximate surface area is 120 Å². The van der Waals surface area contributed by atoms with Gasteiger partial charge < -0.3 is 9.47 Å². The number of hydrogen-bond donors (Lipinski definition) is 2. The molecule has 0 amide bonds. The van der Waals surface area contributed by atoms with Crippen LogP contribution in [0.5, 0.6) is 0 Å². The minimum absolute atomic E-state index is 0. The number of benzene rings is 1. The van der Waals surface area contributed by atoms with Gasteiger partial charge in [0.15, 0.2) is 0 Å². The Kier molecular flexibility index (Phi) is 10.3. The van der Waals surface area contributed by atoms with Crippen molar-refractivity contribution in [3.8, 4) is 0 Å². The molecule has 0 unspecified atom stereocenters. The summed E-state index contributed by atoms with van der Waals surface area (Å²) in [7, 11) is 0. The second kappa shape index (κ2) is 9.74. The van der Waals surface area contributed by atoms with Crippen LogP contribution >= 0.6 is 24.8 Å². The maximum Gasteiger partial charge on any atom is 0.213 e. The number of hydrogen-bond acceptors (Lipinski definition) is 4. The second-order valence-electron chi connectivity index (χ2n) is 3.11. The highest BCUT2D eigenvalue weighted by Crippen LogP contribution is 2.08. The van der Waals surface area contributed by atoms with E-state index in [2.05, 4.69) is 0 Å². The van der Waals surface area contributed by atoms with Gasteiger partial charge in [0, 0.05) is 11.1 Å². The summed E-state index contributed by atoms with van der Waals surface area (Å²) in [6.07, 6.45) is 0.